The van der Waals surface area contributed by atoms with Gasteiger partial charge in [0.15, 0.2) is 0 Å². The summed E-state index contributed by atoms with van der Waals surface area (Å²) in [5.41, 5.74) is 5.08. The Morgan fingerprint density at radius 3 is 2.48 bits per heavy atom. The van der Waals surface area contributed by atoms with E-state index >= 15 is 0 Å². The highest BCUT2D eigenvalue weighted by Crippen LogP contribution is 2.24. The monoisotopic (exact) mass is 439 g/mol. The minimum Gasteiger partial charge on any atom is -0.466 e. The lowest BCUT2D eigenvalue weighted by Crippen LogP contribution is -2.50. The van der Waals surface area contributed by atoms with Crippen LogP contribution in [0.4, 0.5) is 0 Å². The van der Waals surface area contributed by atoms with E-state index in [1.807, 2.05) is 0 Å². The van der Waals surface area contributed by atoms with Gasteiger partial charge in [0.2, 0.25) is 15.9 Å². The highest BCUT2D eigenvalue weighted by Gasteiger charge is 2.33. The summed E-state index contributed by atoms with van der Waals surface area (Å²) in [6.07, 6.45) is 1.07. The molecule has 1 fully saturated rings. The van der Waals surface area contributed by atoms with Gasteiger partial charge in [-0.05, 0) is 57.0 Å². The van der Waals surface area contributed by atoms with E-state index in [2.05, 4.69) is 10.9 Å². The molecule has 1 aromatic carbocycles. The summed E-state index contributed by atoms with van der Waals surface area (Å²) in [5.74, 6) is -0.457. The van der Waals surface area contributed by atoms with Gasteiger partial charge in [-0.2, -0.15) is 4.31 Å². The first-order chi connectivity index (χ1) is 13.7. The molecule has 8 nitrogen and oxygen atoms in total. The van der Waals surface area contributed by atoms with Gasteiger partial charge in [-0.25, -0.2) is 8.42 Å². The number of sulfonamides is 1. The van der Waals surface area contributed by atoms with Crippen LogP contribution in [0.5, 0.6) is 0 Å². The molecule has 3 rings (SSSR count). The lowest BCUT2D eigenvalue weighted by molar-refractivity contribution is -0.126. The van der Waals surface area contributed by atoms with Crippen molar-refractivity contribution in [1.82, 2.24) is 15.2 Å². The van der Waals surface area contributed by atoms with Crippen molar-refractivity contribution >= 4 is 33.4 Å². The summed E-state index contributed by atoms with van der Waals surface area (Å²) in [7, 11) is -3.73. The lowest BCUT2D eigenvalue weighted by atomic mass is 9.99. The molecule has 1 aliphatic rings. The topological polar surface area (TPSA) is 109 Å². The normalized spacial score (nSPS) is 17.7. The summed E-state index contributed by atoms with van der Waals surface area (Å²) >= 11 is 5.83. The Morgan fingerprint density at radius 2 is 1.86 bits per heavy atom. The molecule has 2 amide bonds. The predicted molar refractivity (Wildman–Crippen MR) is 107 cm³/mol. The van der Waals surface area contributed by atoms with Crippen LogP contribution >= 0.6 is 11.6 Å². The van der Waals surface area contributed by atoms with Crippen LogP contribution in [0.2, 0.25) is 5.02 Å². The molecule has 0 saturated carbocycles. The molecule has 1 aliphatic heterocycles. The van der Waals surface area contributed by atoms with Crippen molar-refractivity contribution in [3.8, 4) is 0 Å². The predicted octanol–water partition coefficient (Wildman–Crippen LogP) is 2.41. The largest absolute Gasteiger partial charge is 0.466 e. The number of amides is 2. The molecule has 156 valence electrons. The third-order valence-corrected chi connectivity index (χ3v) is 6.92. The number of hydrogen-bond acceptors (Lipinski definition) is 5. The number of aryl methyl sites for hydroxylation is 2. The van der Waals surface area contributed by atoms with Gasteiger partial charge in [-0.15, -0.1) is 0 Å². The average molecular weight is 440 g/mol. The highest BCUT2D eigenvalue weighted by atomic mass is 35.5. The zero-order valence-electron chi connectivity index (χ0n) is 16.1. The van der Waals surface area contributed by atoms with Crippen molar-refractivity contribution in [2.24, 2.45) is 5.92 Å². The Hall–Kier alpha value is -2.36. The molecule has 0 aliphatic carbocycles. The lowest BCUT2D eigenvalue weighted by Gasteiger charge is -2.31. The third kappa shape index (κ3) is 4.80. The molecule has 10 heteroatoms. The summed E-state index contributed by atoms with van der Waals surface area (Å²) in [6, 6.07) is 7.49. The second kappa shape index (κ2) is 8.56. The SMILES string of the molecule is Cc1cc(C(=O)NNC(=O)C2CCCN(S(=O)(=O)c3ccc(Cl)cc3)C2)c(C)o1. The van der Waals surface area contributed by atoms with Crippen molar-refractivity contribution in [3.63, 3.8) is 0 Å². The molecule has 0 bridgehead atoms. The van der Waals surface area contributed by atoms with E-state index in [1.165, 1.54) is 28.6 Å². The van der Waals surface area contributed by atoms with E-state index in [-0.39, 0.29) is 11.4 Å². The molecule has 1 atom stereocenters. The van der Waals surface area contributed by atoms with Crippen LogP contribution in [-0.2, 0) is 14.8 Å². The molecule has 1 aromatic heterocycles. The van der Waals surface area contributed by atoms with E-state index in [9.17, 15) is 18.0 Å². The number of nitrogens with one attached hydrogen (secondary N) is 2. The third-order valence-electron chi connectivity index (χ3n) is 4.79. The van der Waals surface area contributed by atoms with Crippen LogP contribution in [0.1, 0.15) is 34.7 Å². The molecular formula is C19H22ClN3O5S. The van der Waals surface area contributed by atoms with Gasteiger partial charge in [0.1, 0.15) is 11.5 Å². The van der Waals surface area contributed by atoms with Crippen molar-refractivity contribution in [1.29, 1.82) is 0 Å². The first-order valence-corrected chi connectivity index (χ1v) is 10.9. The fourth-order valence-electron chi connectivity index (χ4n) is 3.27. The van der Waals surface area contributed by atoms with Gasteiger partial charge in [0.05, 0.1) is 16.4 Å². The van der Waals surface area contributed by atoms with Crippen LogP contribution in [0, 0.1) is 19.8 Å². The van der Waals surface area contributed by atoms with Gasteiger partial charge in [-0.3, -0.25) is 20.4 Å². The Labute approximate surface area is 174 Å². The Kier molecular flexibility index (Phi) is 6.30. The maximum Gasteiger partial charge on any atom is 0.273 e. The molecule has 1 saturated heterocycles. The fraction of sp³-hybridized carbons (Fsp3) is 0.368. The Bertz CT molecular complexity index is 1020. The smallest absolute Gasteiger partial charge is 0.273 e. The minimum atomic E-state index is -3.73. The molecule has 2 aromatic rings. The van der Waals surface area contributed by atoms with Crippen LogP contribution in [0.3, 0.4) is 0 Å². The second-order valence-corrected chi connectivity index (χ2v) is 9.30. The molecule has 29 heavy (non-hydrogen) atoms. The molecular weight excluding hydrogens is 418 g/mol. The highest BCUT2D eigenvalue weighted by molar-refractivity contribution is 7.89. The molecule has 2 heterocycles. The standard InChI is InChI=1S/C19H22ClN3O5S/c1-12-10-17(13(2)28-12)19(25)22-21-18(24)14-4-3-9-23(11-14)29(26,27)16-7-5-15(20)6-8-16/h5-8,10,14H,3-4,9,11H2,1-2H3,(H,21,24)(H,22,25). The number of piperidine rings is 1. The zero-order chi connectivity index (χ0) is 21.2. The van der Waals surface area contributed by atoms with Crippen molar-refractivity contribution in [2.75, 3.05) is 13.1 Å². The summed E-state index contributed by atoms with van der Waals surface area (Å²) < 4.78 is 32.2. The summed E-state index contributed by atoms with van der Waals surface area (Å²) in [6.45, 7) is 3.75. The molecule has 2 N–H and O–H groups in total. The van der Waals surface area contributed by atoms with Gasteiger partial charge in [0.25, 0.3) is 5.91 Å². The van der Waals surface area contributed by atoms with E-state index in [1.54, 1.807) is 19.9 Å². The van der Waals surface area contributed by atoms with Crippen LogP contribution in [0.15, 0.2) is 39.6 Å². The van der Waals surface area contributed by atoms with Crippen LogP contribution < -0.4 is 10.9 Å². The number of halogens is 1. The summed E-state index contributed by atoms with van der Waals surface area (Å²) in [4.78, 5) is 24.8. The number of benzene rings is 1. The number of hydrazine groups is 1. The number of hydrogen-bond donors (Lipinski definition) is 2. The van der Waals surface area contributed by atoms with Crippen LogP contribution in [-0.4, -0.2) is 37.6 Å². The van der Waals surface area contributed by atoms with Crippen molar-refractivity contribution < 1.29 is 22.4 Å². The number of furan rings is 1. The first-order valence-electron chi connectivity index (χ1n) is 9.11. The number of nitrogens with zero attached hydrogens (tertiary/aromatic N) is 1. The van der Waals surface area contributed by atoms with E-state index in [0.717, 1.165) is 0 Å². The fourth-order valence-corrected chi connectivity index (χ4v) is 4.92. The Balaban J connectivity index is 1.62. The molecule has 0 spiro atoms. The maximum absolute atomic E-state index is 12.8. The number of carbonyl (C=O) groups excluding carboxylic acids is 2. The second-order valence-electron chi connectivity index (χ2n) is 6.93. The van der Waals surface area contributed by atoms with Gasteiger partial charge < -0.3 is 4.42 Å². The minimum absolute atomic E-state index is 0.0382. The van der Waals surface area contributed by atoms with Gasteiger partial charge in [-0.1, -0.05) is 11.6 Å². The zero-order valence-corrected chi connectivity index (χ0v) is 17.6. The Morgan fingerprint density at radius 1 is 1.17 bits per heavy atom. The van der Waals surface area contributed by atoms with E-state index in [4.69, 9.17) is 16.0 Å². The first kappa shape index (κ1) is 21.4. The maximum atomic E-state index is 12.8. The van der Waals surface area contributed by atoms with E-state index in [0.29, 0.717) is 41.5 Å². The number of rotatable bonds is 4. The van der Waals surface area contributed by atoms with Gasteiger partial charge in [0, 0.05) is 18.1 Å². The molecule has 0 radical (unpaired) electrons. The van der Waals surface area contributed by atoms with Crippen molar-refractivity contribution in [3.05, 3.63) is 52.4 Å². The molecule has 1 unspecified atom stereocenters. The van der Waals surface area contributed by atoms with Crippen molar-refractivity contribution in [2.45, 2.75) is 31.6 Å². The van der Waals surface area contributed by atoms with E-state index < -0.39 is 27.8 Å². The summed E-state index contributed by atoms with van der Waals surface area (Å²) in [5, 5.41) is 0.443. The number of carbonyl (C=O) groups is 2. The van der Waals surface area contributed by atoms with Gasteiger partial charge >= 0.3 is 0 Å². The average Bonchev–Trinajstić information content (AvgIpc) is 3.04. The van der Waals surface area contributed by atoms with Crippen LogP contribution in [0.25, 0.3) is 0 Å². The quantitative estimate of drug-likeness (QED) is 0.711.